The second-order valence-corrected chi connectivity index (χ2v) is 9.02. The number of nitrogens with one attached hydrogen (secondary N) is 1. The van der Waals surface area contributed by atoms with E-state index in [1.165, 1.54) is 19.2 Å². The molecule has 0 bridgehead atoms. The Morgan fingerprint density at radius 3 is 2.23 bits per heavy atom. The highest BCUT2D eigenvalue weighted by atomic mass is 32.2. The summed E-state index contributed by atoms with van der Waals surface area (Å²) >= 11 is 0. The first-order valence-corrected chi connectivity index (χ1v) is 11.6. The summed E-state index contributed by atoms with van der Waals surface area (Å²) < 4.78 is 32.6. The topological polar surface area (TPSA) is 92.8 Å². The molecule has 3 rings (SSSR count). The molecule has 7 nitrogen and oxygen atoms in total. The van der Waals surface area contributed by atoms with E-state index in [1.807, 2.05) is 0 Å². The molecule has 0 atom stereocenters. The van der Waals surface area contributed by atoms with Crippen LogP contribution in [0.2, 0.25) is 0 Å². The van der Waals surface area contributed by atoms with Crippen molar-refractivity contribution in [3.63, 3.8) is 0 Å². The number of ether oxygens (including phenoxy) is 1. The maximum atomic E-state index is 13.0. The second-order valence-electron chi connectivity index (χ2n) is 7.30. The monoisotopic (exact) mass is 430 g/mol. The molecule has 2 aromatic rings. The third-order valence-corrected chi connectivity index (χ3v) is 6.29. The van der Waals surface area contributed by atoms with Gasteiger partial charge in [-0.3, -0.25) is 9.52 Å². The van der Waals surface area contributed by atoms with Crippen LogP contribution >= 0.6 is 0 Å². The van der Waals surface area contributed by atoms with Gasteiger partial charge in [-0.05, 0) is 42.7 Å². The number of amides is 1. The lowest BCUT2D eigenvalue weighted by Gasteiger charge is -2.22. The van der Waals surface area contributed by atoms with Crippen LogP contribution in [0.5, 0.6) is 0 Å². The smallest absolute Gasteiger partial charge is 0.337 e. The molecule has 1 aliphatic rings. The number of hydrogen-bond donors (Lipinski definition) is 1. The number of rotatable bonds is 6. The van der Waals surface area contributed by atoms with Gasteiger partial charge in [0.2, 0.25) is 10.0 Å². The summed E-state index contributed by atoms with van der Waals surface area (Å²) in [5.74, 6) is -0.915. The molecule has 8 heteroatoms. The van der Waals surface area contributed by atoms with Gasteiger partial charge in [0.1, 0.15) is 0 Å². The number of likely N-dealkylation sites (tertiary alicyclic amines) is 1. The highest BCUT2D eigenvalue weighted by Gasteiger charge is 2.22. The van der Waals surface area contributed by atoms with Crippen LogP contribution in [0.3, 0.4) is 0 Å². The number of methoxy groups -OCH3 is 1. The Hall–Kier alpha value is -2.87. The molecule has 2 aromatic carbocycles. The fraction of sp³-hybridized carbons (Fsp3) is 0.364. The molecule has 0 spiro atoms. The summed E-state index contributed by atoms with van der Waals surface area (Å²) in [5, 5.41) is 0. The number of carbonyl (C=O) groups excluding carboxylic acids is 2. The summed E-state index contributed by atoms with van der Waals surface area (Å²) in [5.41, 5.74) is 1.49. The molecule has 0 radical (unpaired) electrons. The van der Waals surface area contributed by atoms with Crippen LogP contribution in [0.1, 0.15) is 52.0 Å². The maximum absolute atomic E-state index is 13.0. The largest absolute Gasteiger partial charge is 0.465 e. The lowest BCUT2D eigenvalue weighted by atomic mass is 10.1. The minimum Gasteiger partial charge on any atom is -0.465 e. The quantitative estimate of drug-likeness (QED) is 0.709. The number of carbonyl (C=O) groups is 2. The number of nitrogens with zero attached hydrogens (tertiary/aromatic N) is 1. The third-order valence-electron chi connectivity index (χ3n) is 5.05. The van der Waals surface area contributed by atoms with Crippen molar-refractivity contribution < 1.29 is 22.7 Å². The van der Waals surface area contributed by atoms with Crippen molar-refractivity contribution in [2.75, 3.05) is 24.9 Å². The van der Waals surface area contributed by atoms with Crippen molar-refractivity contribution in [3.05, 3.63) is 65.2 Å². The minimum atomic E-state index is -3.76. The normalized spacial score (nSPS) is 14.6. The van der Waals surface area contributed by atoms with Crippen molar-refractivity contribution in [3.8, 4) is 0 Å². The van der Waals surface area contributed by atoms with Gasteiger partial charge in [0.25, 0.3) is 5.91 Å². The zero-order chi connectivity index (χ0) is 21.6. The van der Waals surface area contributed by atoms with Gasteiger partial charge < -0.3 is 9.64 Å². The van der Waals surface area contributed by atoms with Gasteiger partial charge >= 0.3 is 5.97 Å². The first kappa shape index (κ1) is 21.8. The van der Waals surface area contributed by atoms with E-state index in [0.717, 1.165) is 25.7 Å². The minimum absolute atomic E-state index is 0.155. The Kier molecular flexibility index (Phi) is 7.10. The first-order chi connectivity index (χ1) is 14.4. The first-order valence-electron chi connectivity index (χ1n) is 9.96. The Labute approximate surface area is 177 Å². The Balaban J connectivity index is 1.75. The zero-order valence-corrected chi connectivity index (χ0v) is 17.8. The molecule has 0 aliphatic carbocycles. The van der Waals surface area contributed by atoms with E-state index in [1.54, 1.807) is 41.3 Å². The van der Waals surface area contributed by atoms with Gasteiger partial charge in [-0.2, -0.15) is 0 Å². The van der Waals surface area contributed by atoms with E-state index in [0.29, 0.717) is 29.8 Å². The van der Waals surface area contributed by atoms with Crippen LogP contribution in [0, 0.1) is 0 Å². The number of para-hydroxylation sites is 1. The van der Waals surface area contributed by atoms with Crippen LogP contribution < -0.4 is 4.72 Å². The van der Waals surface area contributed by atoms with Gasteiger partial charge in [0.15, 0.2) is 0 Å². The van der Waals surface area contributed by atoms with Crippen molar-refractivity contribution in [1.82, 2.24) is 4.90 Å². The van der Waals surface area contributed by atoms with Crippen LogP contribution in [0.4, 0.5) is 5.69 Å². The van der Waals surface area contributed by atoms with Gasteiger partial charge in [0.05, 0.1) is 29.7 Å². The second kappa shape index (κ2) is 9.75. The highest BCUT2D eigenvalue weighted by molar-refractivity contribution is 7.91. The molecule has 0 unspecified atom stereocenters. The van der Waals surface area contributed by atoms with Gasteiger partial charge in [-0.1, -0.05) is 37.1 Å². The maximum Gasteiger partial charge on any atom is 0.337 e. The third kappa shape index (κ3) is 5.60. The molecule has 160 valence electrons. The number of hydrogen-bond acceptors (Lipinski definition) is 5. The summed E-state index contributed by atoms with van der Waals surface area (Å²) in [6.07, 6.45) is 4.13. The molecular weight excluding hydrogens is 404 g/mol. The molecule has 0 aromatic heterocycles. The number of benzene rings is 2. The molecule has 1 N–H and O–H groups in total. The fourth-order valence-electron chi connectivity index (χ4n) is 3.48. The number of sulfonamides is 1. The molecule has 1 amide bonds. The zero-order valence-electron chi connectivity index (χ0n) is 17.0. The molecule has 1 aliphatic heterocycles. The summed E-state index contributed by atoms with van der Waals surface area (Å²) in [4.78, 5) is 26.3. The standard InChI is InChI=1S/C22H26N2O5S/c1-29-22(26)18-12-10-17(11-13-18)16-30(27,28)23-20-9-5-4-8-19(20)21(25)24-14-6-2-3-7-15-24/h4-5,8-13,23H,2-3,6-7,14-16H2,1H3. The van der Waals surface area contributed by atoms with E-state index in [4.69, 9.17) is 0 Å². The summed E-state index contributed by atoms with van der Waals surface area (Å²) in [6, 6.07) is 12.9. The van der Waals surface area contributed by atoms with Crippen LogP contribution in [0.15, 0.2) is 48.5 Å². The van der Waals surface area contributed by atoms with Crippen molar-refractivity contribution >= 4 is 27.6 Å². The molecule has 1 saturated heterocycles. The van der Waals surface area contributed by atoms with Crippen LogP contribution in [0.25, 0.3) is 0 Å². The van der Waals surface area contributed by atoms with Gasteiger partial charge in [-0.15, -0.1) is 0 Å². The summed E-state index contributed by atoms with van der Waals surface area (Å²) in [7, 11) is -2.47. The molecule has 1 fully saturated rings. The van der Waals surface area contributed by atoms with E-state index in [-0.39, 0.29) is 17.3 Å². The lowest BCUT2D eigenvalue weighted by molar-refractivity contribution is 0.0600. The predicted octanol–water partition coefficient (Wildman–Crippen LogP) is 3.43. The number of esters is 1. The van der Waals surface area contributed by atoms with Gasteiger partial charge in [-0.25, -0.2) is 13.2 Å². The lowest BCUT2D eigenvalue weighted by Crippen LogP contribution is -2.32. The van der Waals surface area contributed by atoms with E-state index >= 15 is 0 Å². The Bertz CT molecular complexity index is 994. The molecular formula is C22H26N2O5S. The van der Waals surface area contributed by atoms with Crippen LogP contribution in [-0.2, 0) is 20.5 Å². The van der Waals surface area contributed by atoms with Crippen molar-refractivity contribution in [1.29, 1.82) is 0 Å². The number of anilines is 1. The Morgan fingerprint density at radius 1 is 0.967 bits per heavy atom. The molecule has 1 heterocycles. The van der Waals surface area contributed by atoms with E-state index in [2.05, 4.69) is 9.46 Å². The summed E-state index contributed by atoms with van der Waals surface area (Å²) in [6.45, 7) is 1.37. The molecule has 30 heavy (non-hydrogen) atoms. The van der Waals surface area contributed by atoms with Crippen molar-refractivity contribution in [2.45, 2.75) is 31.4 Å². The van der Waals surface area contributed by atoms with E-state index in [9.17, 15) is 18.0 Å². The van der Waals surface area contributed by atoms with Crippen LogP contribution in [-0.4, -0.2) is 45.4 Å². The average molecular weight is 431 g/mol. The average Bonchev–Trinajstić information content (AvgIpc) is 3.02. The SMILES string of the molecule is COC(=O)c1ccc(CS(=O)(=O)Nc2ccccc2C(=O)N2CCCCCC2)cc1. The van der Waals surface area contributed by atoms with Gasteiger partial charge in [0, 0.05) is 13.1 Å². The fourth-order valence-corrected chi connectivity index (χ4v) is 4.70. The van der Waals surface area contributed by atoms with Crippen molar-refractivity contribution in [2.24, 2.45) is 0 Å². The predicted molar refractivity (Wildman–Crippen MR) is 115 cm³/mol. The highest BCUT2D eigenvalue weighted by Crippen LogP contribution is 2.22. The molecule has 0 saturated carbocycles. The van der Waals surface area contributed by atoms with E-state index < -0.39 is 16.0 Å². The Morgan fingerprint density at radius 2 is 1.60 bits per heavy atom.